The largest absolute Gasteiger partial charge is 0.491 e. The Kier molecular flexibility index (Phi) is 5.87. The maximum atomic E-state index is 13.5. The minimum Gasteiger partial charge on any atom is -0.491 e. The van der Waals surface area contributed by atoms with Crippen LogP contribution in [0.1, 0.15) is 12.5 Å². The van der Waals surface area contributed by atoms with Crippen LogP contribution in [-0.2, 0) is 0 Å². The number of halogens is 2. The van der Waals surface area contributed by atoms with E-state index in [9.17, 15) is 8.78 Å². The summed E-state index contributed by atoms with van der Waals surface area (Å²) in [6.07, 6.45) is 0. The first-order chi connectivity index (χ1) is 10.9. The van der Waals surface area contributed by atoms with Crippen LogP contribution >= 0.6 is 12.2 Å². The SMILES string of the molecule is Cc1ccc(OC[C@@H](C)NC(=S)Nc2ccc(F)cc2F)cc1. The highest BCUT2D eigenvalue weighted by atomic mass is 32.1. The Balaban J connectivity index is 1.81. The van der Waals surface area contributed by atoms with E-state index in [0.717, 1.165) is 23.4 Å². The number of anilines is 1. The molecule has 2 rings (SSSR count). The predicted octanol–water partition coefficient (Wildman–Crippen LogP) is 4.03. The number of nitrogens with one attached hydrogen (secondary N) is 2. The summed E-state index contributed by atoms with van der Waals surface area (Å²) in [5, 5.41) is 5.93. The average molecular weight is 336 g/mol. The lowest BCUT2D eigenvalue weighted by Gasteiger charge is -2.18. The lowest BCUT2D eigenvalue weighted by molar-refractivity contribution is 0.287. The maximum Gasteiger partial charge on any atom is 0.171 e. The van der Waals surface area contributed by atoms with Crippen LogP contribution in [0.15, 0.2) is 42.5 Å². The van der Waals surface area contributed by atoms with Crippen LogP contribution in [0.25, 0.3) is 0 Å². The Bertz CT molecular complexity index is 677. The quantitative estimate of drug-likeness (QED) is 0.808. The van der Waals surface area contributed by atoms with Crippen molar-refractivity contribution in [2.24, 2.45) is 0 Å². The van der Waals surface area contributed by atoms with Gasteiger partial charge in [-0.25, -0.2) is 8.78 Å². The zero-order valence-electron chi connectivity index (χ0n) is 12.9. The number of hydrogen-bond donors (Lipinski definition) is 2. The molecule has 2 N–H and O–H groups in total. The van der Waals surface area contributed by atoms with E-state index in [1.807, 2.05) is 38.1 Å². The Morgan fingerprint density at radius 3 is 2.52 bits per heavy atom. The van der Waals surface area contributed by atoms with Gasteiger partial charge in [0.1, 0.15) is 24.0 Å². The molecule has 0 spiro atoms. The molecular formula is C17H18F2N2OS. The topological polar surface area (TPSA) is 33.3 Å². The molecule has 0 aromatic heterocycles. The first kappa shape index (κ1) is 17.1. The molecular weight excluding hydrogens is 318 g/mol. The highest BCUT2D eigenvalue weighted by Crippen LogP contribution is 2.15. The normalized spacial score (nSPS) is 11.7. The maximum absolute atomic E-state index is 13.5. The average Bonchev–Trinajstić information content (AvgIpc) is 2.49. The van der Waals surface area contributed by atoms with E-state index in [1.54, 1.807) is 0 Å². The molecule has 3 nitrogen and oxygen atoms in total. The van der Waals surface area contributed by atoms with Crippen LogP contribution in [0.2, 0.25) is 0 Å². The van der Waals surface area contributed by atoms with Gasteiger partial charge in [0.15, 0.2) is 5.11 Å². The summed E-state index contributed by atoms with van der Waals surface area (Å²) in [4.78, 5) is 0. The van der Waals surface area contributed by atoms with Crippen LogP contribution < -0.4 is 15.4 Å². The van der Waals surface area contributed by atoms with Crippen LogP contribution in [0.3, 0.4) is 0 Å². The van der Waals surface area contributed by atoms with Gasteiger partial charge in [0.25, 0.3) is 0 Å². The molecule has 0 saturated carbocycles. The zero-order valence-corrected chi connectivity index (χ0v) is 13.7. The number of benzene rings is 2. The van der Waals surface area contributed by atoms with Crippen LogP contribution in [0, 0.1) is 18.6 Å². The van der Waals surface area contributed by atoms with Crippen molar-refractivity contribution < 1.29 is 13.5 Å². The lowest BCUT2D eigenvalue weighted by Crippen LogP contribution is -2.39. The van der Waals surface area contributed by atoms with Gasteiger partial charge in [-0.05, 0) is 50.3 Å². The minimum atomic E-state index is -0.697. The molecule has 2 aromatic rings. The van der Waals surface area contributed by atoms with Crippen LogP contribution in [-0.4, -0.2) is 17.8 Å². The molecule has 0 heterocycles. The van der Waals surface area contributed by atoms with Gasteiger partial charge in [0.05, 0.1) is 11.7 Å². The van der Waals surface area contributed by atoms with E-state index in [-0.39, 0.29) is 16.8 Å². The fraction of sp³-hybridized carbons (Fsp3) is 0.235. The summed E-state index contributed by atoms with van der Waals surface area (Å²) in [6, 6.07) is 10.9. The van der Waals surface area contributed by atoms with Gasteiger partial charge >= 0.3 is 0 Å². The Labute approximate surface area is 139 Å². The predicted molar refractivity (Wildman–Crippen MR) is 91.9 cm³/mol. The molecule has 122 valence electrons. The molecule has 0 bridgehead atoms. The third kappa shape index (κ3) is 5.49. The highest BCUT2D eigenvalue weighted by molar-refractivity contribution is 7.80. The second-order valence-corrected chi connectivity index (χ2v) is 5.66. The summed E-state index contributed by atoms with van der Waals surface area (Å²) in [7, 11) is 0. The van der Waals surface area contributed by atoms with Crippen molar-refractivity contribution in [2.45, 2.75) is 19.9 Å². The number of hydrogen-bond acceptors (Lipinski definition) is 2. The number of ether oxygens (including phenoxy) is 1. The van der Waals surface area contributed by atoms with Crippen molar-refractivity contribution in [1.29, 1.82) is 0 Å². The van der Waals surface area contributed by atoms with Crippen molar-refractivity contribution in [1.82, 2.24) is 5.32 Å². The van der Waals surface area contributed by atoms with Crippen molar-refractivity contribution >= 4 is 23.0 Å². The Hall–Kier alpha value is -2.21. The first-order valence-electron chi connectivity index (χ1n) is 7.16. The van der Waals surface area contributed by atoms with Crippen LogP contribution in [0.5, 0.6) is 5.75 Å². The van der Waals surface area contributed by atoms with Gasteiger partial charge in [-0.2, -0.15) is 0 Å². The van der Waals surface area contributed by atoms with E-state index in [0.29, 0.717) is 6.61 Å². The summed E-state index contributed by atoms with van der Waals surface area (Å²) < 4.78 is 32.0. The van der Waals surface area contributed by atoms with E-state index in [1.165, 1.54) is 6.07 Å². The molecule has 0 radical (unpaired) electrons. The lowest BCUT2D eigenvalue weighted by atomic mass is 10.2. The Morgan fingerprint density at radius 1 is 1.17 bits per heavy atom. The fourth-order valence-corrected chi connectivity index (χ4v) is 2.18. The second-order valence-electron chi connectivity index (χ2n) is 5.25. The van der Waals surface area contributed by atoms with E-state index >= 15 is 0 Å². The standard InChI is InChI=1S/C17H18F2N2OS/c1-11-3-6-14(7-4-11)22-10-12(2)20-17(23)21-16-8-5-13(18)9-15(16)19/h3-9,12H,10H2,1-2H3,(H2,20,21,23)/t12-/m1/s1. The summed E-state index contributed by atoms with van der Waals surface area (Å²) in [5.74, 6) is -0.558. The van der Waals surface area contributed by atoms with Crippen molar-refractivity contribution in [3.05, 3.63) is 59.7 Å². The smallest absolute Gasteiger partial charge is 0.171 e. The van der Waals surface area contributed by atoms with E-state index in [4.69, 9.17) is 17.0 Å². The summed E-state index contributed by atoms with van der Waals surface area (Å²) in [6.45, 7) is 4.30. The van der Waals surface area contributed by atoms with Gasteiger partial charge < -0.3 is 15.4 Å². The number of thiocarbonyl (C=S) groups is 1. The van der Waals surface area contributed by atoms with Crippen molar-refractivity contribution in [3.63, 3.8) is 0 Å². The highest BCUT2D eigenvalue weighted by Gasteiger charge is 2.08. The van der Waals surface area contributed by atoms with E-state index in [2.05, 4.69) is 10.6 Å². The zero-order chi connectivity index (χ0) is 16.8. The molecule has 0 aliphatic heterocycles. The third-order valence-corrected chi connectivity index (χ3v) is 3.30. The molecule has 0 unspecified atom stereocenters. The molecule has 2 aromatic carbocycles. The number of rotatable bonds is 5. The molecule has 0 aliphatic carbocycles. The van der Waals surface area contributed by atoms with Gasteiger partial charge in [-0.1, -0.05) is 17.7 Å². The monoisotopic (exact) mass is 336 g/mol. The second kappa shape index (κ2) is 7.87. The Morgan fingerprint density at radius 2 is 1.87 bits per heavy atom. The summed E-state index contributed by atoms with van der Waals surface area (Å²) >= 11 is 5.11. The molecule has 0 amide bonds. The molecule has 0 aliphatic rings. The molecule has 1 atom stereocenters. The third-order valence-electron chi connectivity index (χ3n) is 3.08. The van der Waals surface area contributed by atoms with Gasteiger partial charge in [0.2, 0.25) is 0 Å². The van der Waals surface area contributed by atoms with Gasteiger partial charge in [-0.15, -0.1) is 0 Å². The fourth-order valence-electron chi connectivity index (χ4n) is 1.87. The minimum absolute atomic E-state index is 0.0835. The molecule has 6 heteroatoms. The van der Waals surface area contributed by atoms with Crippen LogP contribution in [0.4, 0.5) is 14.5 Å². The molecule has 0 fully saturated rings. The molecule has 0 saturated heterocycles. The van der Waals surface area contributed by atoms with E-state index < -0.39 is 11.6 Å². The van der Waals surface area contributed by atoms with Gasteiger partial charge in [0, 0.05) is 6.07 Å². The summed E-state index contributed by atoms with van der Waals surface area (Å²) in [5.41, 5.74) is 1.28. The molecule has 23 heavy (non-hydrogen) atoms. The van der Waals surface area contributed by atoms with Crippen molar-refractivity contribution in [3.8, 4) is 5.75 Å². The first-order valence-corrected chi connectivity index (χ1v) is 7.57. The van der Waals surface area contributed by atoms with Gasteiger partial charge in [-0.3, -0.25) is 0 Å². The number of aryl methyl sites for hydroxylation is 1. The van der Waals surface area contributed by atoms with Crippen molar-refractivity contribution in [2.75, 3.05) is 11.9 Å².